The second kappa shape index (κ2) is 12.5. The van der Waals surface area contributed by atoms with E-state index in [2.05, 4.69) is 6.92 Å². The van der Waals surface area contributed by atoms with Gasteiger partial charge in [0.25, 0.3) is 10.1 Å². The molecule has 17 heavy (non-hydrogen) atoms. The van der Waals surface area contributed by atoms with Gasteiger partial charge >= 0.3 is 0 Å². The van der Waals surface area contributed by atoms with Gasteiger partial charge in [-0.15, -0.1) is 0 Å². The van der Waals surface area contributed by atoms with Gasteiger partial charge in [-0.25, -0.2) is 0 Å². The molecule has 0 heterocycles. The number of hydrogen-bond acceptors (Lipinski definition) is 3. The SMILES string of the molecule is CCCCCCCCN(C)CCS(=O)(=O)O.[K]. The molecule has 0 saturated carbocycles. The molecule has 1 N–H and O–H groups in total. The van der Waals surface area contributed by atoms with Crippen LogP contribution in [0.5, 0.6) is 0 Å². The van der Waals surface area contributed by atoms with E-state index in [-0.39, 0.29) is 57.1 Å². The van der Waals surface area contributed by atoms with Gasteiger partial charge in [0.1, 0.15) is 0 Å². The fraction of sp³-hybridized carbons (Fsp3) is 1.00. The van der Waals surface area contributed by atoms with Gasteiger partial charge in [-0.2, -0.15) is 8.42 Å². The Balaban J connectivity index is 0. The number of hydrogen-bond donors (Lipinski definition) is 1. The summed E-state index contributed by atoms with van der Waals surface area (Å²) in [5.41, 5.74) is 0. The molecule has 0 atom stereocenters. The molecule has 0 aromatic rings. The molecule has 1 radical (unpaired) electrons. The van der Waals surface area contributed by atoms with Crippen LogP contribution in [-0.2, 0) is 10.1 Å². The zero-order valence-corrected chi connectivity index (χ0v) is 15.4. The molecule has 0 amide bonds. The topological polar surface area (TPSA) is 57.6 Å². The molecule has 0 aliphatic carbocycles. The van der Waals surface area contributed by atoms with E-state index in [0.717, 1.165) is 13.0 Å². The van der Waals surface area contributed by atoms with Crippen molar-refractivity contribution in [1.29, 1.82) is 0 Å². The number of nitrogens with zero attached hydrogens (tertiary/aromatic N) is 1. The molecule has 0 bridgehead atoms. The van der Waals surface area contributed by atoms with Crippen LogP contribution in [-0.4, -0.2) is 95.1 Å². The minimum atomic E-state index is -3.80. The van der Waals surface area contributed by atoms with Gasteiger partial charge < -0.3 is 4.90 Å². The van der Waals surface area contributed by atoms with Crippen LogP contribution in [0.1, 0.15) is 45.4 Å². The third-order valence-corrected chi connectivity index (χ3v) is 3.32. The Morgan fingerprint density at radius 3 is 2.06 bits per heavy atom. The molecule has 0 aliphatic rings. The second-order valence-corrected chi connectivity index (χ2v) is 5.93. The molecular weight excluding hydrogens is 265 g/mol. The Labute approximate surface area is 149 Å². The molecular formula is C11H25KNO3S. The first-order chi connectivity index (χ1) is 7.45. The van der Waals surface area contributed by atoms with Crippen LogP contribution in [0.3, 0.4) is 0 Å². The summed E-state index contributed by atoms with van der Waals surface area (Å²) >= 11 is 0. The first-order valence-electron chi connectivity index (χ1n) is 6.09. The van der Waals surface area contributed by atoms with Crippen LogP contribution in [0, 0.1) is 0 Å². The van der Waals surface area contributed by atoms with Crippen LogP contribution >= 0.6 is 0 Å². The van der Waals surface area contributed by atoms with E-state index in [1.807, 2.05) is 11.9 Å². The standard InChI is InChI=1S/C11H25NO3S.K/c1-3-4-5-6-7-8-9-12(2)10-11-16(13,14)15;/h3-11H2,1-2H3,(H,13,14,15);. The van der Waals surface area contributed by atoms with E-state index in [1.54, 1.807) is 0 Å². The van der Waals surface area contributed by atoms with E-state index < -0.39 is 10.1 Å². The fourth-order valence-corrected chi connectivity index (χ4v) is 2.09. The predicted molar refractivity (Wildman–Crippen MR) is 73.0 cm³/mol. The molecule has 0 fully saturated rings. The van der Waals surface area contributed by atoms with Crippen LogP contribution in [0.15, 0.2) is 0 Å². The Kier molecular flexibility index (Phi) is 15.3. The third kappa shape index (κ3) is 17.5. The maximum absolute atomic E-state index is 10.5. The van der Waals surface area contributed by atoms with E-state index in [9.17, 15) is 8.42 Å². The van der Waals surface area contributed by atoms with Crippen molar-refractivity contribution in [3.05, 3.63) is 0 Å². The van der Waals surface area contributed by atoms with E-state index >= 15 is 0 Å². The molecule has 99 valence electrons. The van der Waals surface area contributed by atoms with E-state index in [1.165, 1.54) is 32.1 Å². The van der Waals surface area contributed by atoms with Gasteiger partial charge in [-0.1, -0.05) is 39.0 Å². The Bertz CT molecular complexity index is 257. The third-order valence-electron chi connectivity index (χ3n) is 2.62. The van der Waals surface area contributed by atoms with E-state index in [4.69, 9.17) is 4.55 Å². The first kappa shape index (κ1) is 20.8. The summed E-state index contributed by atoms with van der Waals surface area (Å²) in [5, 5.41) is 0. The second-order valence-electron chi connectivity index (χ2n) is 4.36. The van der Waals surface area contributed by atoms with Crippen LogP contribution in [0.4, 0.5) is 0 Å². The smallest absolute Gasteiger partial charge is 0.266 e. The largest absolute Gasteiger partial charge is 0.305 e. The molecule has 0 rings (SSSR count). The van der Waals surface area contributed by atoms with Crippen LogP contribution in [0.25, 0.3) is 0 Å². The predicted octanol–water partition coefficient (Wildman–Crippen LogP) is 1.79. The van der Waals surface area contributed by atoms with Crippen molar-refractivity contribution in [3.63, 3.8) is 0 Å². The molecule has 0 spiro atoms. The average Bonchev–Trinajstić information content (AvgIpc) is 2.19. The summed E-state index contributed by atoms with van der Waals surface area (Å²) in [6.45, 7) is 3.51. The first-order valence-corrected chi connectivity index (χ1v) is 7.70. The zero-order chi connectivity index (χ0) is 12.4. The summed E-state index contributed by atoms with van der Waals surface area (Å²) in [5.74, 6) is -0.167. The monoisotopic (exact) mass is 290 g/mol. The van der Waals surface area contributed by atoms with Crippen molar-refractivity contribution in [1.82, 2.24) is 4.90 Å². The quantitative estimate of drug-likeness (QED) is 0.378. The van der Waals surface area contributed by atoms with Crippen molar-refractivity contribution in [2.24, 2.45) is 0 Å². The van der Waals surface area contributed by atoms with Gasteiger partial charge in [0.15, 0.2) is 0 Å². The maximum atomic E-state index is 10.5. The number of unbranched alkanes of at least 4 members (excludes halogenated alkanes) is 5. The van der Waals surface area contributed by atoms with Gasteiger partial charge in [-0.3, -0.25) is 4.55 Å². The molecule has 0 aliphatic heterocycles. The Morgan fingerprint density at radius 2 is 1.53 bits per heavy atom. The minimum Gasteiger partial charge on any atom is -0.305 e. The van der Waals surface area contributed by atoms with Gasteiger partial charge in [-0.05, 0) is 20.0 Å². The van der Waals surface area contributed by atoms with Gasteiger partial charge in [0.2, 0.25) is 0 Å². The van der Waals surface area contributed by atoms with E-state index in [0.29, 0.717) is 6.54 Å². The van der Waals surface area contributed by atoms with Gasteiger partial charge in [0.05, 0.1) is 5.75 Å². The zero-order valence-electron chi connectivity index (χ0n) is 11.5. The minimum absolute atomic E-state index is 0. The van der Waals surface area contributed by atoms with Crippen molar-refractivity contribution >= 4 is 61.5 Å². The summed E-state index contributed by atoms with van der Waals surface area (Å²) in [4.78, 5) is 1.95. The fourth-order valence-electron chi connectivity index (χ4n) is 1.55. The summed E-state index contributed by atoms with van der Waals surface area (Å²) in [6.07, 6.45) is 7.43. The number of rotatable bonds is 10. The molecule has 6 heteroatoms. The summed E-state index contributed by atoms with van der Waals surface area (Å²) < 4.78 is 29.6. The summed E-state index contributed by atoms with van der Waals surface area (Å²) in [6, 6.07) is 0. The van der Waals surface area contributed by atoms with Crippen molar-refractivity contribution < 1.29 is 13.0 Å². The van der Waals surface area contributed by atoms with Crippen molar-refractivity contribution in [2.45, 2.75) is 45.4 Å². The molecule has 0 aromatic carbocycles. The molecule has 0 aromatic heterocycles. The van der Waals surface area contributed by atoms with Crippen LogP contribution < -0.4 is 0 Å². The Hall–Kier alpha value is 1.51. The van der Waals surface area contributed by atoms with Crippen LogP contribution in [0.2, 0.25) is 0 Å². The molecule has 0 unspecified atom stereocenters. The van der Waals surface area contributed by atoms with Crippen molar-refractivity contribution in [2.75, 3.05) is 25.9 Å². The normalized spacial score (nSPS) is 11.5. The Morgan fingerprint density at radius 1 is 1.00 bits per heavy atom. The summed E-state index contributed by atoms with van der Waals surface area (Å²) in [7, 11) is -1.92. The molecule has 0 saturated heterocycles. The maximum Gasteiger partial charge on any atom is 0.266 e. The average molecular weight is 290 g/mol. The molecule has 4 nitrogen and oxygen atoms in total. The van der Waals surface area contributed by atoms with Gasteiger partial charge in [0, 0.05) is 57.9 Å². The van der Waals surface area contributed by atoms with Crippen molar-refractivity contribution in [3.8, 4) is 0 Å².